The molecular formula is C38H40F2N4O6S. The minimum Gasteiger partial charge on any atom is -0.477 e. The monoisotopic (exact) mass is 718 g/mol. The fourth-order valence-corrected chi connectivity index (χ4v) is 6.76. The van der Waals surface area contributed by atoms with Gasteiger partial charge in [0.1, 0.15) is 0 Å². The van der Waals surface area contributed by atoms with Gasteiger partial charge in [0.15, 0.2) is 11.0 Å². The molecular weight excluding hydrogens is 679 g/mol. The number of carboxylic acid groups (broad SMARTS) is 1. The molecule has 0 aliphatic heterocycles. The van der Waals surface area contributed by atoms with E-state index in [2.05, 4.69) is 11.4 Å². The lowest BCUT2D eigenvalue weighted by Gasteiger charge is -2.25. The molecule has 0 saturated heterocycles. The maximum Gasteiger partial charge on any atom is 0.376 e. The molecule has 1 unspecified atom stereocenters. The van der Waals surface area contributed by atoms with Crippen molar-refractivity contribution in [2.75, 3.05) is 27.6 Å². The number of carbonyl (C=O) groups is 3. The van der Waals surface area contributed by atoms with Gasteiger partial charge in [0.05, 0.1) is 18.0 Å². The van der Waals surface area contributed by atoms with Crippen molar-refractivity contribution in [3.8, 4) is 0 Å². The highest BCUT2D eigenvalue weighted by molar-refractivity contribution is 7.86. The van der Waals surface area contributed by atoms with Crippen LogP contribution in [0.1, 0.15) is 54.1 Å². The number of alkyl halides is 2. The Morgan fingerprint density at radius 2 is 1.59 bits per heavy atom. The second-order valence-corrected chi connectivity index (χ2v) is 13.1. The number of hydrogen-bond donors (Lipinski definition) is 3. The smallest absolute Gasteiger partial charge is 0.376 e. The predicted molar refractivity (Wildman–Crippen MR) is 195 cm³/mol. The van der Waals surface area contributed by atoms with Crippen molar-refractivity contribution in [1.82, 2.24) is 5.32 Å². The summed E-state index contributed by atoms with van der Waals surface area (Å²) in [7, 11) is -1.54. The van der Waals surface area contributed by atoms with E-state index in [4.69, 9.17) is 5.11 Å². The molecule has 1 atom stereocenters. The van der Waals surface area contributed by atoms with Gasteiger partial charge in [0.2, 0.25) is 0 Å². The van der Waals surface area contributed by atoms with Crippen molar-refractivity contribution in [2.24, 2.45) is 0 Å². The number of benzene rings is 4. The number of hydrogen-bond acceptors (Lipinski definition) is 4. The van der Waals surface area contributed by atoms with Gasteiger partial charge in [-0.3, -0.25) is 14.0 Å². The van der Waals surface area contributed by atoms with Gasteiger partial charge in [-0.15, -0.1) is 0 Å². The van der Waals surface area contributed by atoms with Crippen molar-refractivity contribution in [3.05, 3.63) is 126 Å². The molecule has 0 spiro atoms. The van der Waals surface area contributed by atoms with Gasteiger partial charge in [-0.2, -0.15) is 8.78 Å². The van der Waals surface area contributed by atoms with Crippen molar-refractivity contribution in [3.63, 3.8) is 0 Å². The Labute approximate surface area is 297 Å². The van der Waals surface area contributed by atoms with Gasteiger partial charge < -0.3 is 21.2 Å². The normalized spacial score (nSPS) is 13.2. The third-order valence-electron chi connectivity index (χ3n) is 8.25. The lowest BCUT2D eigenvalue weighted by atomic mass is 9.93. The van der Waals surface area contributed by atoms with E-state index < -0.39 is 41.4 Å². The van der Waals surface area contributed by atoms with E-state index in [1.807, 2.05) is 66.8 Å². The highest BCUT2D eigenvalue weighted by Crippen LogP contribution is 2.29. The molecule has 0 radical (unpaired) electrons. The predicted octanol–water partition coefficient (Wildman–Crippen LogP) is 7.06. The van der Waals surface area contributed by atoms with Gasteiger partial charge in [-0.1, -0.05) is 54.6 Å². The highest BCUT2D eigenvalue weighted by Gasteiger charge is 2.39. The van der Waals surface area contributed by atoms with Crippen LogP contribution in [0.3, 0.4) is 0 Å². The summed E-state index contributed by atoms with van der Waals surface area (Å²) in [5, 5.41) is 13.5. The van der Waals surface area contributed by atoms with E-state index in [1.165, 1.54) is 29.0 Å². The summed E-state index contributed by atoms with van der Waals surface area (Å²) in [6.07, 6.45) is 6.57. The molecule has 51 heavy (non-hydrogen) atoms. The maximum atomic E-state index is 13.9. The highest BCUT2D eigenvalue weighted by atomic mass is 32.2. The number of para-hydroxylation sites is 1. The van der Waals surface area contributed by atoms with Crippen LogP contribution in [0.25, 0.3) is 5.57 Å². The minimum absolute atomic E-state index is 0. The number of allylic oxidation sites excluding steroid dienone is 2. The standard InChI is InChI=1S/C38H38F2N4O5S.H2O/c1-2-44(33-13-7-4-8-14-33)50(49)34-15-9-12-31(24-34)42-37(48)43(32-22-20-29(21-23-32)28-10-5-3-6-11-28)25-27-16-18-30(19-17-27)35(45)41-26-38(39,40)36(46)47;/h4,7-10,12-24H,2-3,5-6,11,25-26H2,1H3,(H,41,45)(H,42,48)(H,46,47);1H2. The van der Waals surface area contributed by atoms with E-state index in [-0.39, 0.29) is 17.6 Å². The van der Waals surface area contributed by atoms with Crippen LogP contribution in [0.15, 0.2) is 114 Å². The van der Waals surface area contributed by atoms with Crippen LogP contribution in [-0.4, -0.2) is 51.7 Å². The van der Waals surface area contributed by atoms with Crippen molar-refractivity contribution >= 4 is 51.5 Å². The fourth-order valence-electron chi connectivity index (χ4n) is 5.54. The zero-order chi connectivity index (χ0) is 35.7. The van der Waals surface area contributed by atoms with Crippen LogP contribution in [0, 0.1) is 0 Å². The molecule has 1 aliphatic rings. The minimum atomic E-state index is -4.10. The molecule has 0 fully saturated rings. The fraction of sp³-hybridized carbons (Fsp3) is 0.237. The molecule has 0 aromatic heterocycles. The quantitative estimate of drug-likeness (QED) is 0.135. The van der Waals surface area contributed by atoms with Crippen LogP contribution < -0.4 is 19.8 Å². The molecule has 10 nitrogen and oxygen atoms in total. The molecule has 5 N–H and O–H groups in total. The Kier molecular flexibility index (Phi) is 13.2. The number of nitrogens with zero attached hydrogens (tertiary/aromatic N) is 2. The number of carbonyl (C=O) groups excluding carboxylic acids is 2. The van der Waals surface area contributed by atoms with Crippen LogP contribution in [0.2, 0.25) is 0 Å². The Morgan fingerprint density at radius 3 is 2.22 bits per heavy atom. The van der Waals surface area contributed by atoms with Gasteiger partial charge in [0, 0.05) is 29.2 Å². The van der Waals surface area contributed by atoms with Crippen LogP contribution >= 0.6 is 0 Å². The summed E-state index contributed by atoms with van der Waals surface area (Å²) in [5.74, 6) is -7.28. The molecule has 5 rings (SSSR count). The first-order chi connectivity index (χ1) is 24.1. The zero-order valence-electron chi connectivity index (χ0n) is 28.0. The Balaban J connectivity index is 0.00000583. The Bertz CT molecular complexity index is 1870. The SMILES string of the molecule is CCN(c1ccccc1)S(=O)c1cccc(NC(=O)N(Cc2ccc(C(=O)NCC(F)(F)C(=O)O)cc2)c2ccc(C3=CCCCC3)cc2)c1.O. The summed E-state index contributed by atoms with van der Waals surface area (Å²) < 4.78 is 42.3. The van der Waals surface area contributed by atoms with E-state index in [0.717, 1.165) is 30.5 Å². The van der Waals surface area contributed by atoms with Gasteiger partial charge in [0.25, 0.3) is 5.91 Å². The maximum absolute atomic E-state index is 13.9. The first-order valence-electron chi connectivity index (χ1n) is 16.3. The van der Waals surface area contributed by atoms with Gasteiger partial charge in [-0.25, -0.2) is 13.8 Å². The molecule has 4 aromatic rings. The lowest BCUT2D eigenvalue weighted by molar-refractivity contribution is -0.163. The van der Waals surface area contributed by atoms with E-state index in [0.29, 0.717) is 28.4 Å². The third-order valence-corrected chi connectivity index (χ3v) is 9.77. The number of aliphatic carboxylic acids is 1. The Morgan fingerprint density at radius 1 is 0.882 bits per heavy atom. The van der Waals surface area contributed by atoms with Crippen LogP contribution in [0.4, 0.5) is 30.6 Å². The summed E-state index contributed by atoms with van der Waals surface area (Å²) in [6.45, 7) is 1.17. The number of rotatable bonds is 13. The van der Waals surface area contributed by atoms with Crippen LogP contribution in [0.5, 0.6) is 0 Å². The van der Waals surface area contributed by atoms with E-state index >= 15 is 0 Å². The molecule has 0 heterocycles. The number of amides is 3. The molecule has 1 aliphatic carbocycles. The molecule has 268 valence electrons. The second kappa shape index (κ2) is 17.5. The van der Waals surface area contributed by atoms with Crippen molar-refractivity contribution < 1.29 is 38.0 Å². The molecule has 13 heteroatoms. The topological polar surface area (TPSA) is 151 Å². The Hall–Kier alpha value is -5.40. The number of anilines is 3. The van der Waals surface area contributed by atoms with Crippen molar-refractivity contribution in [1.29, 1.82) is 0 Å². The second-order valence-electron chi connectivity index (χ2n) is 11.7. The number of urea groups is 1. The first-order valence-corrected chi connectivity index (χ1v) is 17.4. The number of halogens is 2. The number of carboxylic acids is 1. The molecule has 0 bridgehead atoms. The molecule has 3 amide bonds. The van der Waals surface area contributed by atoms with E-state index in [1.54, 1.807) is 40.7 Å². The average Bonchev–Trinajstić information content (AvgIpc) is 3.14. The zero-order valence-corrected chi connectivity index (χ0v) is 28.8. The largest absolute Gasteiger partial charge is 0.477 e. The number of nitrogens with one attached hydrogen (secondary N) is 2. The summed E-state index contributed by atoms with van der Waals surface area (Å²) in [6, 6.07) is 29.6. The van der Waals surface area contributed by atoms with Crippen LogP contribution in [-0.2, 0) is 22.3 Å². The molecule has 0 saturated carbocycles. The third kappa shape index (κ3) is 9.86. The van der Waals surface area contributed by atoms with Gasteiger partial charge >= 0.3 is 17.9 Å². The summed E-state index contributed by atoms with van der Waals surface area (Å²) >= 11 is 0. The first kappa shape index (κ1) is 38.4. The van der Waals surface area contributed by atoms with Gasteiger partial charge in [-0.05, 0) is 104 Å². The molecule has 4 aromatic carbocycles. The van der Waals surface area contributed by atoms with Crippen molar-refractivity contribution in [2.45, 2.75) is 50.0 Å². The average molecular weight is 719 g/mol. The lowest BCUT2D eigenvalue weighted by Crippen LogP contribution is -2.42. The summed E-state index contributed by atoms with van der Waals surface area (Å²) in [5.41, 5.74) is 4.93. The summed E-state index contributed by atoms with van der Waals surface area (Å²) in [4.78, 5) is 39.1. The van der Waals surface area contributed by atoms with E-state index in [9.17, 15) is 27.4 Å².